The monoisotopic (exact) mass is 400 g/mol. The summed E-state index contributed by atoms with van der Waals surface area (Å²) >= 11 is 8.37. The number of rotatable bonds is 3. The molecule has 0 unspecified atom stereocenters. The molecule has 3 nitrogen and oxygen atoms in total. The van der Waals surface area contributed by atoms with Crippen LogP contribution in [0.15, 0.2) is 42.5 Å². The first kappa shape index (κ1) is 15.1. The standard InChI is InChI=1S/C15H14ClIN2O/c1-19(2)14-12(16)7-4-8-13(14)18-15(20)10-5-3-6-11(17)9-10/h3-9H,1-2H3,(H,18,20). The second-order valence-corrected chi connectivity index (χ2v) is 6.15. The van der Waals surface area contributed by atoms with Gasteiger partial charge in [0, 0.05) is 23.2 Å². The van der Waals surface area contributed by atoms with Crippen molar-refractivity contribution in [1.82, 2.24) is 0 Å². The highest BCUT2D eigenvalue weighted by atomic mass is 127. The first-order chi connectivity index (χ1) is 9.49. The van der Waals surface area contributed by atoms with Gasteiger partial charge in [-0.1, -0.05) is 23.7 Å². The number of hydrogen-bond donors (Lipinski definition) is 1. The molecule has 0 aliphatic rings. The van der Waals surface area contributed by atoms with Gasteiger partial charge in [-0.05, 0) is 52.9 Å². The number of para-hydroxylation sites is 1. The maximum absolute atomic E-state index is 12.3. The topological polar surface area (TPSA) is 32.3 Å². The van der Waals surface area contributed by atoms with Gasteiger partial charge in [0.1, 0.15) is 0 Å². The van der Waals surface area contributed by atoms with Crippen molar-refractivity contribution < 1.29 is 4.79 Å². The first-order valence-electron chi connectivity index (χ1n) is 6.02. The lowest BCUT2D eigenvalue weighted by atomic mass is 10.2. The number of benzene rings is 2. The summed E-state index contributed by atoms with van der Waals surface area (Å²) in [6.45, 7) is 0. The van der Waals surface area contributed by atoms with E-state index in [9.17, 15) is 4.79 Å². The third-order valence-corrected chi connectivity index (χ3v) is 3.74. The summed E-state index contributed by atoms with van der Waals surface area (Å²) < 4.78 is 1.02. The Balaban J connectivity index is 2.31. The van der Waals surface area contributed by atoms with Crippen molar-refractivity contribution in [2.24, 2.45) is 0 Å². The van der Waals surface area contributed by atoms with Crippen molar-refractivity contribution in [3.8, 4) is 0 Å². The Bertz CT molecular complexity index is 644. The van der Waals surface area contributed by atoms with E-state index in [0.717, 1.165) is 9.26 Å². The van der Waals surface area contributed by atoms with Gasteiger partial charge < -0.3 is 10.2 Å². The van der Waals surface area contributed by atoms with Gasteiger partial charge in [-0.2, -0.15) is 0 Å². The first-order valence-corrected chi connectivity index (χ1v) is 7.47. The molecule has 2 aromatic rings. The van der Waals surface area contributed by atoms with E-state index >= 15 is 0 Å². The summed E-state index contributed by atoms with van der Waals surface area (Å²) in [5.74, 6) is -0.145. The molecule has 0 aromatic heterocycles. The zero-order valence-corrected chi connectivity index (χ0v) is 14.1. The fourth-order valence-corrected chi connectivity index (χ4v) is 2.78. The molecular formula is C15H14ClIN2O. The van der Waals surface area contributed by atoms with Crippen LogP contribution in [0.5, 0.6) is 0 Å². The van der Waals surface area contributed by atoms with E-state index in [2.05, 4.69) is 27.9 Å². The highest BCUT2D eigenvalue weighted by Gasteiger charge is 2.13. The van der Waals surface area contributed by atoms with Crippen molar-refractivity contribution in [1.29, 1.82) is 0 Å². The summed E-state index contributed by atoms with van der Waals surface area (Å²) in [5, 5.41) is 3.51. The van der Waals surface area contributed by atoms with Crippen molar-refractivity contribution >= 4 is 51.5 Å². The number of hydrogen-bond acceptors (Lipinski definition) is 2. The average molecular weight is 401 g/mol. The van der Waals surface area contributed by atoms with Crippen LogP contribution >= 0.6 is 34.2 Å². The molecule has 104 valence electrons. The van der Waals surface area contributed by atoms with Crippen LogP contribution in [0.3, 0.4) is 0 Å². The van der Waals surface area contributed by atoms with Crippen molar-refractivity contribution in [3.05, 3.63) is 56.6 Å². The van der Waals surface area contributed by atoms with E-state index in [1.54, 1.807) is 12.1 Å². The third kappa shape index (κ3) is 3.43. The number of carbonyl (C=O) groups is 1. The van der Waals surface area contributed by atoms with Gasteiger partial charge in [-0.25, -0.2) is 0 Å². The largest absolute Gasteiger partial charge is 0.375 e. The predicted molar refractivity (Wildman–Crippen MR) is 92.9 cm³/mol. The van der Waals surface area contributed by atoms with Gasteiger partial charge in [0.2, 0.25) is 0 Å². The Labute approximate surface area is 137 Å². The van der Waals surface area contributed by atoms with E-state index in [1.807, 2.05) is 49.3 Å². The normalized spacial score (nSPS) is 10.2. The molecule has 0 saturated carbocycles. The summed E-state index contributed by atoms with van der Waals surface area (Å²) in [7, 11) is 3.78. The highest BCUT2D eigenvalue weighted by molar-refractivity contribution is 14.1. The Hall–Kier alpha value is -1.27. The fourth-order valence-electron chi connectivity index (χ4n) is 1.89. The van der Waals surface area contributed by atoms with Gasteiger partial charge >= 0.3 is 0 Å². The summed E-state index contributed by atoms with van der Waals surface area (Å²) in [6.07, 6.45) is 0. The van der Waals surface area contributed by atoms with Gasteiger partial charge in [0.05, 0.1) is 16.4 Å². The molecule has 1 amide bonds. The molecule has 1 N–H and O–H groups in total. The van der Waals surface area contributed by atoms with Crippen LogP contribution in [-0.4, -0.2) is 20.0 Å². The molecule has 0 heterocycles. The summed E-state index contributed by atoms with van der Waals surface area (Å²) in [5.41, 5.74) is 2.13. The molecule has 20 heavy (non-hydrogen) atoms. The minimum atomic E-state index is -0.145. The molecule has 0 aliphatic carbocycles. The number of nitrogens with one attached hydrogen (secondary N) is 1. The van der Waals surface area contributed by atoms with Crippen LogP contribution in [0, 0.1) is 3.57 Å². The average Bonchev–Trinajstić information content (AvgIpc) is 2.38. The molecular weight excluding hydrogens is 387 g/mol. The van der Waals surface area contributed by atoms with Crippen LogP contribution in [0.1, 0.15) is 10.4 Å². The second kappa shape index (κ2) is 6.45. The smallest absolute Gasteiger partial charge is 0.255 e. The molecule has 5 heteroatoms. The van der Waals surface area contributed by atoms with Crippen LogP contribution in [0.25, 0.3) is 0 Å². The van der Waals surface area contributed by atoms with Gasteiger partial charge in [0.25, 0.3) is 5.91 Å². The zero-order chi connectivity index (χ0) is 14.7. The van der Waals surface area contributed by atoms with Gasteiger partial charge in [0.15, 0.2) is 0 Å². The maximum Gasteiger partial charge on any atom is 0.255 e. The SMILES string of the molecule is CN(C)c1c(Cl)cccc1NC(=O)c1cccc(I)c1. The number of amides is 1. The molecule has 0 fully saturated rings. The molecule has 0 bridgehead atoms. The van der Waals surface area contributed by atoms with E-state index < -0.39 is 0 Å². The van der Waals surface area contributed by atoms with E-state index in [0.29, 0.717) is 16.3 Å². The lowest BCUT2D eigenvalue weighted by Crippen LogP contribution is -2.17. The predicted octanol–water partition coefficient (Wildman–Crippen LogP) is 4.26. The zero-order valence-electron chi connectivity index (χ0n) is 11.2. The van der Waals surface area contributed by atoms with Crippen LogP contribution in [0.2, 0.25) is 5.02 Å². The van der Waals surface area contributed by atoms with Crippen LogP contribution < -0.4 is 10.2 Å². The van der Waals surface area contributed by atoms with Crippen molar-refractivity contribution in [2.45, 2.75) is 0 Å². The molecule has 2 aromatic carbocycles. The third-order valence-electron chi connectivity index (χ3n) is 2.77. The Morgan fingerprint density at radius 2 is 1.90 bits per heavy atom. The minimum Gasteiger partial charge on any atom is -0.375 e. The highest BCUT2D eigenvalue weighted by Crippen LogP contribution is 2.32. The molecule has 0 saturated heterocycles. The minimum absolute atomic E-state index is 0.145. The van der Waals surface area contributed by atoms with Gasteiger partial charge in [-0.3, -0.25) is 4.79 Å². The quantitative estimate of drug-likeness (QED) is 0.781. The maximum atomic E-state index is 12.3. The molecule has 0 spiro atoms. The fraction of sp³-hybridized carbons (Fsp3) is 0.133. The number of carbonyl (C=O) groups excluding carboxylic acids is 1. The van der Waals surface area contributed by atoms with Crippen LogP contribution in [-0.2, 0) is 0 Å². The number of anilines is 2. The lowest BCUT2D eigenvalue weighted by molar-refractivity contribution is 0.102. The summed E-state index contributed by atoms with van der Waals surface area (Å²) in [6, 6.07) is 12.9. The van der Waals surface area contributed by atoms with E-state index in [4.69, 9.17) is 11.6 Å². The van der Waals surface area contributed by atoms with Crippen molar-refractivity contribution in [3.63, 3.8) is 0 Å². The lowest BCUT2D eigenvalue weighted by Gasteiger charge is -2.19. The molecule has 0 aliphatic heterocycles. The van der Waals surface area contributed by atoms with Crippen LogP contribution in [0.4, 0.5) is 11.4 Å². The summed E-state index contributed by atoms with van der Waals surface area (Å²) in [4.78, 5) is 14.2. The number of halogens is 2. The molecule has 2 rings (SSSR count). The molecule has 0 atom stereocenters. The second-order valence-electron chi connectivity index (χ2n) is 4.49. The Kier molecular flexibility index (Phi) is 4.88. The van der Waals surface area contributed by atoms with E-state index in [-0.39, 0.29) is 5.91 Å². The van der Waals surface area contributed by atoms with Crippen molar-refractivity contribution in [2.75, 3.05) is 24.3 Å². The molecule has 0 radical (unpaired) electrons. The van der Waals surface area contributed by atoms with Gasteiger partial charge in [-0.15, -0.1) is 0 Å². The number of nitrogens with zero attached hydrogens (tertiary/aromatic N) is 1. The Morgan fingerprint density at radius 3 is 2.55 bits per heavy atom. The Morgan fingerprint density at radius 1 is 1.20 bits per heavy atom. The van der Waals surface area contributed by atoms with E-state index in [1.165, 1.54) is 0 Å².